The third-order valence-electron chi connectivity index (χ3n) is 7.87. The zero-order valence-electron chi connectivity index (χ0n) is 21.4. The van der Waals surface area contributed by atoms with Gasteiger partial charge in [-0.1, -0.05) is 43.3 Å². The monoisotopic (exact) mass is 488 g/mol. The second-order valence-corrected chi connectivity index (χ2v) is 10.4. The number of nitrogens with two attached hydrogens (primary N) is 1. The third kappa shape index (κ3) is 3.86. The van der Waals surface area contributed by atoms with Crippen LogP contribution in [0.4, 0.5) is 0 Å². The molecule has 0 saturated heterocycles. The highest BCUT2D eigenvalue weighted by molar-refractivity contribution is 5.96. The van der Waals surface area contributed by atoms with Gasteiger partial charge in [-0.15, -0.1) is 0 Å². The Morgan fingerprint density at radius 3 is 2.67 bits per heavy atom. The van der Waals surface area contributed by atoms with Crippen molar-refractivity contribution in [2.24, 2.45) is 11.7 Å². The summed E-state index contributed by atoms with van der Waals surface area (Å²) in [6, 6.07) is 9.62. The standard InChI is InChI=1S/C29H36N4O3/c1-18(2)32-24(12-7-16-30)33(31-17-15-23(34)28(35)27(31)29(32)36)26-22-11-5-4-9-20(22)13-14-21-10-6-8-19(3)25(21)26/h4-6,9-11,15,17-19,24,26,35H,7-8,12-14,16,30H2,1-3H3. The van der Waals surface area contributed by atoms with Gasteiger partial charge in [-0.3, -0.25) is 19.3 Å². The molecule has 1 aromatic carbocycles. The summed E-state index contributed by atoms with van der Waals surface area (Å²) in [6.07, 6.45) is 10.2. The maximum absolute atomic E-state index is 13.8. The number of aryl methyl sites for hydroxylation is 1. The van der Waals surface area contributed by atoms with Gasteiger partial charge in [0.05, 0.1) is 6.04 Å². The lowest BCUT2D eigenvalue weighted by Gasteiger charge is -2.52. The first-order valence-electron chi connectivity index (χ1n) is 13.1. The van der Waals surface area contributed by atoms with Gasteiger partial charge in [0.25, 0.3) is 5.91 Å². The molecule has 0 bridgehead atoms. The average Bonchev–Trinajstić information content (AvgIpc) is 3.02. The van der Waals surface area contributed by atoms with Crippen LogP contribution >= 0.6 is 0 Å². The van der Waals surface area contributed by atoms with E-state index in [1.807, 2.05) is 18.7 Å². The Labute approximate surface area is 212 Å². The van der Waals surface area contributed by atoms with Gasteiger partial charge in [0.1, 0.15) is 6.17 Å². The molecule has 1 aromatic heterocycles. The van der Waals surface area contributed by atoms with E-state index in [0.717, 1.165) is 25.7 Å². The van der Waals surface area contributed by atoms with Crippen LogP contribution in [-0.2, 0) is 6.42 Å². The first-order chi connectivity index (χ1) is 17.3. The van der Waals surface area contributed by atoms with E-state index in [1.165, 1.54) is 28.3 Å². The van der Waals surface area contributed by atoms with Gasteiger partial charge in [0, 0.05) is 18.3 Å². The van der Waals surface area contributed by atoms with Crippen molar-refractivity contribution >= 4 is 5.91 Å². The fourth-order valence-electron chi connectivity index (χ4n) is 6.26. The van der Waals surface area contributed by atoms with Crippen LogP contribution < -0.4 is 16.2 Å². The SMILES string of the molecule is CC1CC=CC2=C1C(N1C(CCCN)N(C(C)C)C(=O)c3c(O)c(=O)ccn31)c1ccccc1CC2. The Bertz CT molecular complexity index is 1290. The van der Waals surface area contributed by atoms with Gasteiger partial charge in [-0.2, -0.15) is 0 Å². The number of aromatic hydroxyl groups is 1. The molecule has 1 amide bonds. The first kappa shape index (κ1) is 24.4. The van der Waals surface area contributed by atoms with Crippen molar-refractivity contribution in [2.45, 2.75) is 71.1 Å². The van der Waals surface area contributed by atoms with Crippen LogP contribution in [0.1, 0.15) is 74.1 Å². The van der Waals surface area contributed by atoms with Gasteiger partial charge in [-0.05, 0) is 80.7 Å². The molecule has 3 aliphatic rings. The number of hydrogen-bond donors (Lipinski definition) is 2. The molecule has 7 nitrogen and oxygen atoms in total. The summed E-state index contributed by atoms with van der Waals surface area (Å²) in [5, 5.41) is 13.1. The molecule has 2 heterocycles. The summed E-state index contributed by atoms with van der Waals surface area (Å²) < 4.78 is 1.75. The number of benzene rings is 1. The van der Waals surface area contributed by atoms with Crippen LogP contribution in [0.3, 0.4) is 0 Å². The number of nitrogens with zero attached hydrogens (tertiary/aromatic N) is 3. The van der Waals surface area contributed by atoms with E-state index in [2.05, 4.69) is 48.4 Å². The highest BCUT2D eigenvalue weighted by Gasteiger charge is 2.46. The summed E-state index contributed by atoms with van der Waals surface area (Å²) in [5.41, 5.74) is 10.6. The van der Waals surface area contributed by atoms with Crippen LogP contribution in [-0.4, -0.2) is 39.3 Å². The summed E-state index contributed by atoms with van der Waals surface area (Å²) in [6.45, 7) is 6.75. The number of carbonyl (C=O) groups is 1. The Morgan fingerprint density at radius 1 is 1.14 bits per heavy atom. The number of hydrogen-bond acceptors (Lipinski definition) is 5. The predicted molar refractivity (Wildman–Crippen MR) is 141 cm³/mol. The Balaban J connectivity index is 1.84. The minimum Gasteiger partial charge on any atom is -0.502 e. The van der Waals surface area contributed by atoms with Gasteiger partial charge in [0.15, 0.2) is 11.4 Å². The Hall–Kier alpha value is -3.32. The smallest absolute Gasteiger partial charge is 0.278 e. The molecule has 0 fully saturated rings. The lowest BCUT2D eigenvalue weighted by atomic mass is 9.81. The molecule has 0 radical (unpaired) electrons. The number of amides is 1. The van der Waals surface area contributed by atoms with Gasteiger partial charge >= 0.3 is 0 Å². The molecule has 3 N–H and O–H groups in total. The van der Waals surface area contributed by atoms with Crippen molar-refractivity contribution < 1.29 is 9.90 Å². The van der Waals surface area contributed by atoms with Crippen molar-refractivity contribution in [3.8, 4) is 5.75 Å². The molecule has 36 heavy (non-hydrogen) atoms. The van der Waals surface area contributed by atoms with Crippen LogP contribution in [0, 0.1) is 5.92 Å². The van der Waals surface area contributed by atoms with E-state index < -0.39 is 11.2 Å². The molecule has 190 valence electrons. The molecule has 2 aromatic rings. The van der Waals surface area contributed by atoms with E-state index >= 15 is 0 Å². The number of aromatic nitrogens is 1. The summed E-state index contributed by atoms with van der Waals surface area (Å²) in [5.74, 6) is -0.507. The summed E-state index contributed by atoms with van der Waals surface area (Å²) >= 11 is 0. The van der Waals surface area contributed by atoms with E-state index in [4.69, 9.17) is 5.73 Å². The van der Waals surface area contributed by atoms with Crippen molar-refractivity contribution in [2.75, 3.05) is 11.6 Å². The van der Waals surface area contributed by atoms with Crippen LogP contribution in [0.2, 0.25) is 0 Å². The fraction of sp³-hybridized carbons (Fsp3) is 0.448. The molecule has 0 spiro atoms. The highest BCUT2D eigenvalue weighted by Crippen LogP contribution is 2.46. The maximum Gasteiger partial charge on any atom is 0.278 e. The first-order valence-corrected chi connectivity index (χ1v) is 13.1. The van der Waals surface area contributed by atoms with Gasteiger partial charge < -0.3 is 15.7 Å². The van der Waals surface area contributed by atoms with Crippen LogP contribution in [0.15, 0.2) is 64.6 Å². The number of carbonyl (C=O) groups excluding carboxylic acids is 1. The van der Waals surface area contributed by atoms with Crippen molar-refractivity contribution in [3.05, 3.63) is 86.9 Å². The lowest BCUT2D eigenvalue weighted by molar-refractivity contribution is 0.0442. The topological polar surface area (TPSA) is 91.8 Å². The second-order valence-electron chi connectivity index (χ2n) is 10.4. The molecule has 5 rings (SSSR count). The lowest BCUT2D eigenvalue weighted by Crippen LogP contribution is -2.64. The van der Waals surface area contributed by atoms with E-state index in [-0.39, 0.29) is 29.9 Å². The quantitative estimate of drug-likeness (QED) is 0.664. The molecule has 3 unspecified atom stereocenters. The fourth-order valence-corrected chi connectivity index (χ4v) is 6.26. The molecule has 3 atom stereocenters. The highest BCUT2D eigenvalue weighted by atomic mass is 16.3. The summed E-state index contributed by atoms with van der Waals surface area (Å²) in [4.78, 5) is 28.1. The zero-order chi connectivity index (χ0) is 25.6. The molecular formula is C29H36N4O3. The molecule has 7 heteroatoms. The predicted octanol–water partition coefficient (Wildman–Crippen LogP) is 4.00. The van der Waals surface area contributed by atoms with Crippen LogP contribution in [0.5, 0.6) is 5.75 Å². The minimum absolute atomic E-state index is 0.0306. The molecular weight excluding hydrogens is 452 g/mol. The Morgan fingerprint density at radius 2 is 1.92 bits per heavy atom. The third-order valence-corrected chi connectivity index (χ3v) is 7.87. The van der Waals surface area contributed by atoms with E-state index in [0.29, 0.717) is 18.9 Å². The number of pyridine rings is 1. The largest absolute Gasteiger partial charge is 0.502 e. The van der Waals surface area contributed by atoms with Crippen molar-refractivity contribution in [3.63, 3.8) is 0 Å². The summed E-state index contributed by atoms with van der Waals surface area (Å²) in [7, 11) is 0. The Kier molecular flexibility index (Phi) is 6.51. The van der Waals surface area contributed by atoms with Crippen molar-refractivity contribution in [1.82, 2.24) is 9.58 Å². The van der Waals surface area contributed by atoms with Crippen molar-refractivity contribution in [1.29, 1.82) is 0 Å². The second kappa shape index (κ2) is 9.62. The molecule has 1 aliphatic heterocycles. The molecule has 2 aliphatic carbocycles. The van der Waals surface area contributed by atoms with Gasteiger partial charge in [-0.25, -0.2) is 0 Å². The van der Waals surface area contributed by atoms with E-state index in [1.54, 1.807) is 10.9 Å². The van der Waals surface area contributed by atoms with E-state index in [9.17, 15) is 14.7 Å². The maximum atomic E-state index is 13.8. The van der Waals surface area contributed by atoms with Crippen LogP contribution in [0.25, 0.3) is 0 Å². The number of allylic oxidation sites excluding steroid dienone is 3. The zero-order valence-corrected chi connectivity index (χ0v) is 21.4. The average molecular weight is 489 g/mol. The number of fused-ring (bicyclic) bond motifs is 2. The number of rotatable bonds is 5. The normalized spacial score (nSPS) is 23.5. The molecule has 0 saturated carbocycles. The van der Waals surface area contributed by atoms with Gasteiger partial charge in [0.2, 0.25) is 5.43 Å². The minimum atomic E-state index is -0.547.